The zero-order valence-electron chi connectivity index (χ0n) is 11.1. The van der Waals surface area contributed by atoms with Crippen molar-refractivity contribution in [2.75, 3.05) is 24.5 Å². The van der Waals surface area contributed by atoms with Gasteiger partial charge in [0.05, 0.1) is 12.5 Å². The van der Waals surface area contributed by atoms with Crippen LogP contribution in [0.15, 0.2) is 30.3 Å². The molecular formula is C15H19N3O. The smallest absolute Gasteiger partial charge is 0.324 e. The first-order chi connectivity index (χ1) is 9.33. The number of anilines is 1. The van der Waals surface area contributed by atoms with Crippen LogP contribution in [0.5, 0.6) is 0 Å². The van der Waals surface area contributed by atoms with E-state index >= 15 is 0 Å². The van der Waals surface area contributed by atoms with E-state index in [1.165, 1.54) is 6.42 Å². The highest BCUT2D eigenvalue weighted by molar-refractivity contribution is 5.92. The van der Waals surface area contributed by atoms with Crippen molar-refractivity contribution in [3.05, 3.63) is 30.3 Å². The Balaban J connectivity index is 2.12. The summed E-state index contributed by atoms with van der Waals surface area (Å²) in [6.07, 6.45) is 3.71. The lowest BCUT2D eigenvalue weighted by molar-refractivity contribution is 0.193. The van der Waals surface area contributed by atoms with Gasteiger partial charge in [-0.05, 0) is 31.4 Å². The monoisotopic (exact) mass is 257 g/mol. The van der Waals surface area contributed by atoms with Crippen molar-refractivity contribution in [2.24, 2.45) is 0 Å². The van der Waals surface area contributed by atoms with Gasteiger partial charge in [0.15, 0.2) is 0 Å². The van der Waals surface area contributed by atoms with E-state index in [0.29, 0.717) is 13.0 Å². The topological polar surface area (TPSA) is 47.3 Å². The lowest BCUT2D eigenvalue weighted by atomic mass is 10.1. The molecule has 1 heterocycles. The third-order valence-electron chi connectivity index (χ3n) is 3.37. The summed E-state index contributed by atoms with van der Waals surface area (Å²) in [4.78, 5) is 16.2. The van der Waals surface area contributed by atoms with Gasteiger partial charge in [-0.25, -0.2) is 4.79 Å². The van der Waals surface area contributed by atoms with E-state index in [4.69, 9.17) is 5.26 Å². The third-order valence-corrected chi connectivity index (χ3v) is 3.37. The van der Waals surface area contributed by atoms with E-state index in [-0.39, 0.29) is 6.03 Å². The minimum absolute atomic E-state index is 0.0288. The number of urea groups is 1. The summed E-state index contributed by atoms with van der Waals surface area (Å²) < 4.78 is 0. The molecule has 0 radical (unpaired) electrons. The molecule has 1 fully saturated rings. The molecule has 1 aromatic rings. The average Bonchev–Trinajstić information content (AvgIpc) is 2.49. The summed E-state index contributed by atoms with van der Waals surface area (Å²) in [5.41, 5.74) is 0.869. The first kappa shape index (κ1) is 13.4. The third kappa shape index (κ3) is 3.47. The zero-order chi connectivity index (χ0) is 13.5. The van der Waals surface area contributed by atoms with Crippen molar-refractivity contribution in [3.8, 4) is 6.07 Å². The normalized spacial score (nSPS) is 14.8. The molecule has 0 spiro atoms. The van der Waals surface area contributed by atoms with Crippen LogP contribution in [0, 0.1) is 11.3 Å². The Bertz CT molecular complexity index is 446. The van der Waals surface area contributed by atoms with E-state index in [2.05, 4.69) is 6.07 Å². The van der Waals surface area contributed by atoms with E-state index < -0.39 is 0 Å². The van der Waals surface area contributed by atoms with Gasteiger partial charge in [0, 0.05) is 25.3 Å². The van der Waals surface area contributed by atoms with Gasteiger partial charge in [-0.15, -0.1) is 0 Å². The Hall–Kier alpha value is -2.02. The molecule has 0 atom stereocenters. The molecule has 0 aromatic heterocycles. The van der Waals surface area contributed by atoms with Crippen LogP contribution < -0.4 is 4.90 Å². The van der Waals surface area contributed by atoms with E-state index in [9.17, 15) is 4.79 Å². The van der Waals surface area contributed by atoms with Crippen LogP contribution in [-0.4, -0.2) is 30.6 Å². The fraction of sp³-hybridized carbons (Fsp3) is 0.467. The highest BCUT2D eigenvalue weighted by Gasteiger charge is 2.23. The van der Waals surface area contributed by atoms with Gasteiger partial charge in [-0.3, -0.25) is 4.90 Å². The van der Waals surface area contributed by atoms with Crippen molar-refractivity contribution in [1.29, 1.82) is 5.26 Å². The first-order valence-electron chi connectivity index (χ1n) is 6.81. The summed E-state index contributed by atoms with van der Waals surface area (Å²) in [5.74, 6) is 0. The van der Waals surface area contributed by atoms with E-state index in [1.54, 1.807) is 4.90 Å². The number of benzene rings is 1. The molecule has 2 amide bonds. The molecule has 2 rings (SSSR count). The predicted octanol–water partition coefficient (Wildman–Crippen LogP) is 3.01. The largest absolute Gasteiger partial charge is 0.324 e. The zero-order valence-corrected chi connectivity index (χ0v) is 11.1. The molecule has 0 aliphatic carbocycles. The van der Waals surface area contributed by atoms with Crippen molar-refractivity contribution >= 4 is 11.7 Å². The number of hydrogen-bond donors (Lipinski definition) is 0. The minimum Gasteiger partial charge on any atom is -0.324 e. The summed E-state index contributed by atoms with van der Waals surface area (Å²) in [6.45, 7) is 2.11. The van der Waals surface area contributed by atoms with Gasteiger partial charge < -0.3 is 4.90 Å². The highest BCUT2D eigenvalue weighted by atomic mass is 16.2. The Morgan fingerprint density at radius 1 is 1.21 bits per heavy atom. The van der Waals surface area contributed by atoms with E-state index in [1.807, 2.05) is 35.2 Å². The number of likely N-dealkylation sites (tertiary alicyclic amines) is 1. The first-order valence-corrected chi connectivity index (χ1v) is 6.81. The lowest BCUT2D eigenvalue weighted by Crippen LogP contribution is -2.46. The second-order valence-electron chi connectivity index (χ2n) is 4.73. The number of nitriles is 1. The standard InChI is InChI=1S/C15H19N3O/c16-10-7-13-18(14-8-3-1-4-9-14)15(19)17-11-5-2-6-12-17/h1,3-4,8-9H,2,5-7,11-13H2. The SMILES string of the molecule is N#CCCN(C(=O)N1CCCCC1)c1ccccc1. The molecule has 1 aliphatic rings. The van der Waals surface area contributed by atoms with Gasteiger partial charge in [-0.1, -0.05) is 18.2 Å². The fourth-order valence-electron chi connectivity index (χ4n) is 2.36. The van der Waals surface area contributed by atoms with Crippen molar-refractivity contribution in [1.82, 2.24) is 4.90 Å². The number of rotatable bonds is 3. The Morgan fingerprint density at radius 3 is 2.53 bits per heavy atom. The number of piperidine rings is 1. The summed E-state index contributed by atoms with van der Waals surface area (Å²) >= 11 is 0. The molecule has 4 nitrogen and oxygen atoms in total. The number of para-hydroxylation sites is 1. The molecule has 19 heavy (non-hydrogen) atoms. The van der Waals surface area contributed by atoms with Gasteiger partial charge in [0.2, 0.25) is 0 Å². The second kappa shape index (κ2) is 6.79. The van der Waals surface area contributed by atoms with Crippen LogP contribution in [-0.2, 0) is 0 Å². The maximum absolute atomic E-state index is 12.5. The molecule has 1 aliphatic heterocycles. The van der Waals surface area contributed by atoms with Crippen LogP contribution in [0.1, 0.15) is 25.7 Å². The molecular weight excluding hydrogens is 238 g/mol. The minimum atomic E-state index is 0.0288. The molecule has 0 saturated carbocycles. The molecule has 0 bridgehead atoms. The van der Waals surface area contributed by atoms with Crippen LogP contribution in [0.2, 0.25) is 0 Å². The van der Waals surface area contributed by atoms with Crippen LogP contribution >= 0.6 is 0 Å². The van der Waals surface area contributed by atoms with Crippen LogP contribution in [0.25, 0.3) is 0 Å². The summed E-state index contributed by atoms with van der Waals surface area (Å²) in [5, 5.41) is 8.75. The highest BCUT2D eigenvalue weighted by Crippen LogP contribution is 2.18. The molecule has 0 unspecified atom stereocenters. The summed E-state index contributed by atoms with van der Waals surface area (Å²) in [7, 11) is 0. The van der Waals surface area contributed by atoms with Crippen molar-refractivity contribution in [3.63, 3.8) is 0 Å². The van der Waals surface area contributed by atoms with Gasteiger partial charge >= 0.3 is 6.03 Å². The summed E-state index contributed by atoms with van der Waals surface area (Å²) in [6, 6.07) is 11.7. The molecule has 1 aromatic carbocycles. The van der Waals surface area contributed by atoms with Crippen LogP contribution in [0.3, 0.4) is 0 Å². The number of amides is 2. The number of nitrogens with zero attached hydrogens (tertiary/aromatic N) is 3. The maximum Gasteiger partial charge on any atom is 0.324 e. The van der Waals surface area contributed by atoms with E-state index in [0.717, 1.165) is 31.6 Å². The Kier molecular flexibility index (Phi) is 4.79. The predicted molar refractivity (Wildman–Crippen MR) is 74.8 cm³/mol. The average molecular weight is 257 g/mol. The molecule has 1 saturated heterocycles. The number of hydrogen-bond acceptors (Lipinski definition) is 2. The van der Waals surface area contributed by atoms with Gasteiger partial charge in [0.25, 0.3) is 0 Å². The van der Waals surface area contributed by atoms with Crippen LogP contribution in [0.4, 0.5) is 10.5 Å². The Labute approximate surface area is 114 Å². The Morgan fingerprint density at radius 2 is 1.89 bits per heavy atom. The number of carbonyl (C=O) groups excluding carboxylic acids is 1. The van der Waals surface area contributed by atoms with Gasteiger partial charge in [0.1, 0.15) is 0 Å². The van der Waals surface area contributed by atoms with Crippen molar-refractivity contribution in [2.45, 2.75) is 25.7 Å². The molecule has 4 heteroatoms. The van der Waals surface area contributed by atoms with Gasteiger partial charge in [-0.2, -0.15) is 5.26 Å². The second-order valence-corrected chi connectivity index (χ2v) is 4.73. The fourth-order valence-corrected chi connectivity index (χ4v) is 2.36. The molecule has 0 N–H and O–H groups in total. The number of carbonyl (C=O) groups is 1. The lowest BCUT2D eigenvalue weighted by Gasteiger charge is -2.32. The van der Waals surface area contributed by atoms with Crippen molar-refractivity contribution < 1.29 is 4.79 Å². The quantitative estimate of drug-likeness (QED) is 0.835. The molecule has 100 valence electrons. The maximum atomic E-state index is 12.5.